The highest BCUT2D eigenvalue weighted by Gasteiger charge is 2.15. The molecule has 0 saturated carbocycles. The molecule has 0 aliphatic rings. The lowest BCUT2D eigenvalue weighted by Gasteiger charge is -2.00. The molecule has 0 radical (unpaired) electrons. The molecule has 0 fully saturated rings. The van der Waals surface area contributed by atoms with Gasteiger partial charge in [0.05, 0.1) is 19.2 Å². The summed E-state index contributed by atoms with van der Waals surface area (Å²) in [6.07, 6.45) is -0.197. The van der Waals surface area contributed by atoms with Crippen molar-refractivity contribution >= 4 is 11.9 Å². The number of methoxy groups -OCH3 is 1. The highest BCUT2D eigenvalue weighted by atomic mass is 16.5. The Morgan fingerprint density at radius 2 is 2.27 bits per heavy atom. The lowest BCUT2D eigenvalue weighted by Crippen LogP contribution is -2.10. The number of carbonyl (C=O) groups excluding carboxylic acids is 1. The summed E-state index contributed by atoms with van der Waals surface area (Å²) in [6, 6.07) is 1.43. The number of carboxylic acid groups (broad SMARTS) is 1. The van der Waals surface area contributed by atoms with E-state index in [9.17, 15) is 9.59 Å². The molecular weight excluding hydrogens is 200 g/mol. The number of ether oxygens (including phenoxy) is 1. The second-order valence-corrected chi connectivity index (χ2v) is 2.90. The average Bonchev–Trinajstić information content (AvgIpc) is 2.58. The van der Waals surface area contributed by atoms with Crippen LogP contribution in [0.4, 0.5) is 0 Å². The van der Waals surface area contributed by atoms with Gasteiger partial charge in [0.15, 0.2) is 0 Å². The topological polar surface area (TPSA) is 81.4 Å². The summed E-state index contributed by atoms with van der Waals surface area (Å²) in [5.41, 5.74) is 0.626. The Kier molecular flexibility index (Phi) is 3.43. The third kappa shape index (κ3) is 2.55. The summed E-state index contributed by atoms with van der Waals surface area (Å²) in [5.74, 6) is -1.49. The molecule has 1 aromatic heterocycles. The Morgan fingerprint density at radius 3 is 2.73 bits per heavy atom. The van der Waals surface area contributed by atoms with Crippen LogP contribution in [-0.2, 0) is 22.5 Å². The molecule has 0 aromatic carbocycles. The maximum absolute atomic E-state index is 11.3. The molecule has 0 amide bonds. The highest BCUT2D eigenvalue weighted by molar-refractivity contribution is 5.87. The van der Waals surface area contributed by atoms with E-state index in [0.29, 0.717) is 12.2 Å². The van der Waals surface area contributed by atoms with Gasteiger partial charge < -0.3 is 9.84 Å². The third-order valence-electron chi connectivity index (χ3n) is 1.86. The number of aliphatic carboxylic acids is 1. The van der Waals surface area contributed by atoms with Gasteiger partial charge in [0, 0.05) is 6.54 Å². The van der Waals surface area contributed by atoms with Gasteiger partial charge in [-0.05, 0) is 13.0 Å². The number of aryl methyl sites for hydroxylation is 1. The predicted octanol–water partition coefficient (Wildman–Crippen LogP) is 0.317. The number of aromatic nitrogens is 2. The fraction of sp³-hybridized carbons (Fsp3) is 0.444. The van der Waals surface area contributed by atoms with Crippen LogP contribution in [0.1, 0.15) is 23.1 Å². The van der Waals surface area contributed by atoms with E-state index in [1.807, 2.05) is 6.92 Å². The van der Waals surface area contributed by atoms with Crippen molar-refractivity contribution in [3.05, 3.63) is 17.5 Å². The van der Waals surface area contributed by atoms with Crippen LogP contribution in [0.25, 0.3) is 0 Å². The van der Waals surface area contributed by atoms with Gasteiger partial charge in [0.2, 0.25) is 0 Å². The van der Waals surface area contributed by atoms with Gasteiger partial charge in [-0.25, -0.2) is 4.79 Å². The van der Waals surface area contributed by atoms with Gasteiger partial charge in [0.1, 0.15) is 5.69 Å². The summed E-state index contributed by atoms with van der Waals surface area (Å²) in [5, 5.41) is 12.5. The van der Waals surface area contributed by atoms with E-state index >= 15 is 0 Å². The fourth-order valence-electron chi connectivity index (χ4n) is 1.22. The lowest BCUT2D eigenvalue weighted by molar-refractivity contribution is -0.136. The lowest BCUT2D eigenvalue weighted by atomic mass is 10.3. The Hall–Kier alpha value is -1.85. The normalized spacial score (nSPS) is 10.0. The van der Waals surface area contributed by atoms with E-state index in [0.717, 1.165) is 0 Å². The van der Waals surface area contributed by atoms with Crippen LogP contribution in [0.5, 0.6) is 0 Å². The van der Waals surface area contributed by atoms with Crippen LogP contribution < -0.4 is 0 Å². The van der Waals surface area contributed by atoms with Crippen molar-refractivity contribution in [3.8, 4) is 0 Å². The highest BCUT2D eigenvalue weighted by Crippen LogP contribution is 2.07. The first-order valence-corrected chi connectivity index (χ1v) is 4.45. The van der Waals surface area contributed by atoms with Crippen LogP contribution in [0.2, 0.25) is 0 Å². The Labute approximate surface area is 86.5 Å². The van der Waals surface area contributed by atoms with Gasteiger partial charge >= 0.3 is 11.9 Å². The van der Waals surface area contributed by atoms with Gasteiger partial charge in [-0.2, -0.15) is 5.10 Å². The summed E-state index contributed by atoms with van der Waals surface area (Å²) >= 11 is 0. The standard InChI is InChI=1S/C9H12N2O4/c1-3-11-7(9(14)15-2)4-6(10-11)5-8(12)13/h4H,3,5H2,1-2H3,(H,12,13). The van der Waals surface area contributed by atoms with E-state index in [-0.39, 0.29) is 12.1 Å². The number of nitrogens with zero attached hydrogens (tertiary/aromatic N) is 2. The Balaban J connectivity index is 3.00. The van der Waals surface area contributed by atoms with E-state index in [4.69, 9.17) is 5.11 Å². The minimum Gasteiger partial charge on any atom is -0.481 e. The molecule has 1 N–H and O–H groups in total. The van der Waals surface area contributed by atoms with E-state index < -0.39 is 11.9 Å². The zero-order valence-corrected chi connectivity index (χ0v) is 8.56. The second-order valence-electron chi connectivity index (χ2n) is 2.90. The number of esters is 1. The van der Waals surface area contributed by atoms with E-state index in [2.05, 4.69) is 9.84 Å². The first-order chi connectivity index (χ1) is 7.08. The van der Waals surface area contributed by atoms with Crippen molar-refractivity contribution in [1.29, 1.82) is 0 Å². The Bertz CT molecular complexity index is 383. The van der Waals surface area contributed by atoms with Crippen LogP contribution in [0.3, 0.4) is 0 Å². The fourth-order valence-corrected chi connectivity index (χ4v) is 1.22. The molecule has 0 aliphatic carbocycles. The molecule has 6 heteroatoms. The maximum Gasteiger partial charge on any atom is 0.356 e. The number of carbonyl (C=O) groups is 2. The molecule has 0 atom stereocenters. The van der Waals surface area contributed by atoms with E-state index in [1.54, 1.807) is 0 Å². The van der Waals surface area contributed by atoms with Crippen molar-refractivity contribution in [2.75, 3.05) is 7.11 Å². The minimum absolute atomic E-state index is 0.197. The predicted molar refractivity (Wildman–Crippen MR) is 50.6 cm³/mol. The number of hydrogen-bond donors (Lipinski definition) is 1. The Morgan fingerprint density at radius 1 is 1.60 bits per heavy atom. The molecule has 6 nitrogen and oxygen atoms in total. The summed E-state index contributed by atoms with van der Waals surface area (Å²) < 4.78 is 5.97. The molecule has 15 heavy (non-hydrogen) atoms. The van der Waals surface area contributed by atoms with Crippen LogP contribution >= 0.6 is 0 Å². The van der Waals surface area contributed by atoms with Gasteiger partial charge in [-0.1, -0.05) is 0 Å². The number of rotatable bonds is 4. The molecular formula is C9H12N2O4. The zero-order valence-electron chi connectivity index (χ0n) is 8.56. The molecule has 1 aromatic rings. The van der Waals surface area contributed by atoms with E-state index in [1.165, 1.54) is 17.9 Å². The van der Waals surface area contributed by atoms with Gasteiger partial charge in [-0.3, -0.25) is 9.48 Å². The maximum atomic E-state index is 11.3. The monoisotopic (exact) mass is 212 g/mol. The van der Waals surface area contributed by atoms with Crippen molar-refractivity contribution in [3.63, 3.8) is 0 Å². The third-order valence-corrected chi connectivity index (χ3v) is 1.86. The molecule has 82 valence electrons. The van der Waals surface area contributed by atoms with Crippen LogP contribution in [-0.4, -0.2) is 33.9 Å². The van der Waals surface area contributed by atoms with Crippen molar-refractivity contribution in [2.24, 2.45) is 0 Å². The first kappa shape index (κ1) is 11.2. The summed E-state index contributed by atoms with van der Waals surface area (Å²) in [7, 11) is 1.27. The molecule has 0 aliphatic heterocycles. The summed E-state index contributed by atoms with van der Waals surface area (Å²) in [4.78, 5) is 21.7. The van der Waals surface area contributed by atoms with Gasteiger partial charge in [-0.15, -0.1) is 0 Å². The molecule has 0 saturated heterocycles. The minimum atomic E-state index is -0.979. The smallest absolute Gasteiger partial charge is 0.356 e. The van der Waals surface area contributed by atoms with Crippen molar-refractivity contribution in [1.82, 2.24) is 9.78 Å². The molecule has 0 unspecified atom stereocenters. The number of hydrogen-bond acceptors (Lipinski definition) is 4. The summed E-state index contributed by atoms with van der Waals surface area (Å²) in [6.45, 7) is 2.30. The van der Waals surface area contributed by atoms with Crippen LogP contribution in [0.15, 0.2) is 6.07 Å². The van der Waals surface area contributed by atoms with Crippen LogP contribution in [0, 0.1) is 0 Å². The van der Waals surface area contributed by atoms with Crippen molar-refractivity contribution < 1.29 is 19.4 Å². The molecule has 1 rings (SSSR count). The largest absolute Gasteiger partial charge is 0.481 e. The van der Waals surface area contributed by atoms with Gasteiger partial charge in [0.25, 0.3) is 0 Å². The molecule has 0 bridgehead atoms. The second kappa shape index (κ2) is 4.59. The number of carboxylic acids is 1. The SMILES string of the molecule is CCn1nc(CC(=O)O)cc1C(=O)OC. The zero-order chi connectivity index (χ0) is 11.4. The molecule has 1 heterocycles. The van der Waals surface area contributed by atoms with Crippen molar-refractivity contribution in [2.45, 2.75) is 19.9 Å². The quantitative estimate of drug-likeness (QED) is 0.727. The first-order valence-electron chi connectivity index (χ1n) is 4.45. The average molecular weight is 212 g/mol. The molecule has 0 spiro atoms.